The quantitative estimate of drug-likeness (QED) is 0.0457. The fourth-order valence-corrected chi connectivity index (χ4v) is 18.6. The van der Waals surface area contributed by atoms with Crippen molar-refractivity contribution in [1.82, 2.24) is 52.6 Å². The number of imide groups is 1. The van der Waals surface area contributed by atoms with Crippen molar-refractivity contribution in [3.8, 4) is 62.9 Å². The van der Waals surface area contributed by atoms with E-state index in [9.17, 15) is 63.7 Å². The van der Waals surface area contributed by atoms with Crippen molar-refractivity contribution in [2.75, 3.05) is 37.8 Å². The summed E-state index contributed by atoms with van der Waals surface area (Å²) in [5.74, 6) is -13.5. The molecule has 21 N–H and O–H groups in total. The summed E-state index contributed by atoms with van der Waals surface area (Å²) in [7, 11) is -2.00. The molecule has 0 unspecified atom stereocenters. The molecule has 39 heteroatoms. The number of sulfonamides is 1. The second-order valence-electron chi connectivity index (χ2n) is 31.8. The average Bonchev–Trinajstić information content (AvgIpc) is 0.753. The fourth-order valence-electron chi connectivity index (χ4n) is 17.0. The van der Waals surface area contributed by atoms with E-state index in [1.165, 1.54) is 55.6 Å². The Labute approximate surface area is 704 Å². The molecule has 6 heterocycles. The number of hydrogen-bond donors (Lipinski definition) is 20. The van der Waals surface area contributed by atoms with E-state index in [4.69, 9.17) is 52.6 Å². The Balaban J connectivity index is 0.951. The van der Waals surface area contributed by atoms with Gasteiger partial charge in [-0.05, 0) is 195 Å². The summed E-state index contributed by atoms with van der Waals surface area (Å²) in [4.78, 5) is 138. The largest absolute Gasteiger partial charge is 0.508 e. The van der Waals surface area contributed by atoms with Gasteiger partial charge in [-0.25, -0.2) is 17.9 Å². The van der Waals surface area contributed by atoms with Gasteiger partial charge in [0.15, 0.2) is 11.5 Å². The van der Waals surface area contributed by atoms with E-state index in [2.05, 4.69) is 57.9 Å². The first-order valence-corrected chi connectivity index (χ1v) is 42.1. The number of aromatic hydroxyl groups is 3. The molecule has 6 aromatic carbocycles. The first-order valence-electron chi connectivity index (χ1n) is 39.7. The van der Waals surface area contributed by atoms with Gasteiger partial charge in [-0.1, -0.05) is 62.2 Å². The zero-order valence-corrected chi connectivity index (χ0v) is 68.2. The van der Waals surface area contributed by atoms with Crippen molar-refractivity contribution in [2.45, 2.75) is 170 Å². The van der Waals surface area contributed by atoms with Gasteiger partial charge in [0.05, 0.1) is 34.9 Å². The Hall–Kier alpha value is -10.7. The third-order valence-electron chi connectivity index (χ3n) is 22.7. The van der Waals surface area contributed by atoms with Gasteiger partial charge in [0.2, 0.25) is 69.3 Å². The summed E-state index contributed by atoms with van der Waals surface area (Å²) in [5.41, 5.74) is 3.82. The van der Waals surface area contributed by atoms with E-state index >= 15 is 28.8 Å². The molecular weight excluding hydrogens is 1640 g/mol. The average molecular weight is 1740 g/mol. The molecule has 1 saturated heterocycles. The molecule has 10 aliphatic rings. The second-order valence-corrected chi connectivity index (χ2v) is 34.6. The molecule has 4 aliphatic carbocycles. The highest BCUT2D eigenvalue weighted by atomic mass is 35.5. The SMILES string of the molecule is CCCS(=O)(=O)NCCCOc1ccc(NC(=O)NC(=O)C[C@@H]2NC(=O)[C@H](NC(=O)[C@@H](CC(C)C)NC)[C@H](O)c3ccc(c(Cl)c3)Oc3cc4cc(c3O[C@@H]3O[C@H](CN)[C@@H](O)[C@H](O)[C@H]3O)Oc3ccc(cc3Cl)[C@@H](O)[C@@H]3NC(=O)[C@H](NC(=O)[C@@H]4NC2=O)c2ccc(O)c(c2)-c2c(O)cc(O)cc2[C@@H](C(=O)NC2C4CC5CC(C4)CC2C5)NC3=O)cc1. The molecule has 14 atom stereocenters. The Bertz CT molecular complexity index is 5060. The smallest absolute Gasteiger partial charge is 0.325 e. The summed E-state index contributed by atoms with van der Waals surface area (Å²) < 4.78 is 58.1. The number of phenols is 3. The normalized spacial score (nSPS) is 27.2. The number of aliphatic hydroxyl groups is 5. The van der Waals surface area contributed by atoms with Gasteiger partial charge in [0.1, 0.15) is 107 Å². The number of halogens is 2. The third kappa shape index (κ3) is 19.9. The summed E-state index contributed by atoms with van der Waals surface area (Å²) in [6.07, 6.45) is -9.71. The number of likely N-dealkylation sites (N-methyl/N-ethyl adjacent to an activating group) is 1. The minimum absolute atomic E-state index is 0.0464. The van der Waals surface area contributed by atoms with Gasteiger partial charge in [0, 0.05) is 42.0 Å². The van der Waals surface area contributed by atoms with Crippen molar-refractivity contribution in [2.24, 2.45) is 35.3 Å². The molecule has 16 rings (SSSR count). The summed E-state index contributed by atoms with van der Waals surface area (Å²) in [5, 5.41) is 120. The Morgan fingerprint density at radius 3 is 1.89 bits per heavy atom. The van der Waals surface area contributed by atoms with Crippen LogP contribution in [-0.4, -0.2) is 196 Å². The number of aliphatic hydroxyl groups excluding tert-OH is 5. The Morgan fingerprint density at radius 1 is 0.653 bits per heavy atom. The number of nitrogens with two attached hydrogens (primary N) is 1. The lowest BCUT2D eigenvalue weighted by Gasteiger charge is -2.54. The molecule has 10 amide bonds. The molecule has 0 spiro atoms. The van der Waals surface area contributed by atoms with Gasteiger partial charge >= 0.3 is 6.03 Å². The predicted molar refractivity (Wildman–Crippen MR) is 433 cm³/mol. The van der Waals surface area contributed by atoms with E-state index in [0.29, 0.717) is 30.4 Å². The van der Waals surface area contributed by atoms with Crippen LogP contribution in [0.5, 0.6) is 51.7 Å². The lowest BCUT2D eigenvalue weighted by molar-refractivity contribution is -0.270. The van der Waals surface area contributed by atoms with Crippen molar-refractivity contribution >= 4 is 92.2 Å². The van der Waals surface area contributed by atoms with E-state index in [1.54, 1.807) is 6.92 Å². The first-order chi connectivity index (χ1) is 57.6. The molecule has 36 nitrogen and oxygen atoms in total. The number of urea groups is 1. The standard InChI is InChI=1S/C82H96Cl2N12O24S/c1-5-19-121(114,115)87-17-6-18-116-46-12-10-44(11-13-46)88-82(113)90-60(100)33-52-75(107)92-64-43-29-57(117-55-15-8-39(27-49(55)83)68(101)66(79(111)89-52)95-74(106)51(86-4)20-35(2)3)73(120-81-72(105)71(104)70(103)59(34-85)119-81)58(30-43)118-56-16-9-40(28-50(56)84)69(102)67-80(112)94-65(78(110)91-62-41-22-36-21-37(24-41)25-42(62)23-36)48-31-45(97)32-54(99)61(48)47-26-38(7-14-53(47)98)63(76(108)96-67)93-77(64)109/h7-16,26-32,35-37,41-42,51-52,59,62-72,81,86-87,97-99,101-105H,5-6,17-25,33-34,85H2,1-4H3,(H,89,111)(H,91,110)(H,92,107)(H,93,109)(H,94,112)(H,95,106)(H,96,108)(H2,88,90,100,113)/t36?,37?,41?,42?,51-,52+,59-,62?,63-,64-,65+,66-,67+,68-,69-,70-,71+,72-,81+/m1/s1. The van der Waals surface area contributed by atoms with Crippen LogP contribution < -0.4 is 82.6 Å². The Morgan fingerprint density at radius 2 is 1.27 bits per heavy atom. The molecule has 0 aromatic heterocycles. The van der Waals surface area contributed by atoms with Crippen LogP contribution in [0.3, 0.4) is 0 Å². The third-order valence-corrected chi connectivity index (χ3v) is 24.9. The number of fused-ring (bicyclic) bond motifs is 15. The minimum Gasteiger partial charge on any atom is -0.508 e. The molecular formula is C82H96Cl2N12O24S. The van der Waals surface area contributed by atoms with Gasteiger partial charge in [-0.2, -0.15) is 0 Å². The maximum atomic E-state index is 16.4. The van der Waals surface area contributed by atoms with Gasteiger partial charge in [-0.3, -0.25) is 43.7 Å². The van der Waals surface area contributed by atoms with Crippen LogP contribution in [0.4, 0.5) is 10.5 Å². The molecule has 6 aliphatic heterocycles. The number of nitrogens with one attached hydrogen (secondary N) is 11. The number of amides is 10. The molecule has 4 saturated carbocycles. The first kappa shape index (κ1) is 88.1. The summed E-state index contributed by atoms with van der Waals surface area (Å²) >= 11 is 14.3. The minimum atomic E-state index is -3.46. The van der Waals surface area contributed by atoms with Gasteiger partial charge in [-0.15, -0.1) is 0 Å². The highest BCUT2D eigenvalue weighted by Gasteiger charge is 2.51. The number of hydrogen-bond acceptors (Lipinski definition) is 26. The lowest BCUT2D eigenvalue weighted by Crippen LogP contribution is -2.60. The maximum Gasteiger partial charge on any atom is 0.325 e. The topological polar surface area (TPSA) is 554 Å². The molecule has 0 radical (unpaired) electrons. The van der Waals surface area contributed by atoms with E-state index in [-0.39, 0.29) is 105 Å². The number of phenolic OH excluding ortho intramolecular Hbond substituents is 3. The van der Waals surface area contributed by atoms with Crippen LogP contribution >= 0.6 is 23.2 Å². The van der Waals surface area contributed by atoms with Crippen LogP contribution in [0.25, 0.3) is 11.1 Å². The van der Waals surface area contributed by atoms with E-state index in [1.807, 2.05) is 13.8 Å². The molecule has 121 heavy (non-hydrogen) atoms. The Kier molecular flexibility index (Phi) is 27.2. The van der Waals surface area contributed by atoms with Crippen molar-refractivity contribution in [1.29, 1.82) is 0 Å². The number of carbonyl (C=O) groups is 9. The molecule has 15 bridgehead atoms. The van der Waals surface area contributed by atoms with Crippen LogP contribution in [0.1, 0.15) is 137 Å². The maximum absolute atomic E-state index is 16.4. The van der Waals surface area contributed by atoms with E-state index in [0.717, 1.165) is 86.7 Å². The van der Waals surface area contributed by atoms with Crippen LogP contribution in [0, 0.1) is 29.6 Å². The van der Waals surface area contributed by atoms with Crippen LogP contribution in [0.2, 0.25) is 10.0 Å². The van der Waals surface area contributed by atoms with Crippen LogP contribution in [0.15, 0.2) is 103 Å². The summed E-state index contributed by atoms with van der Waals surface area (Å²) in [6, 6.07) is 4.25. The monoisotopic (exact) mass is 1730 g/mol. The predicted octanol–water partition coefficient (Wildman–Crippen LogP) is 3.65. The van der Waals surface area contributed by atoms with Crippen molar-refractivity contribution in [3.63, 3.8) is 0 Å². The van der Waals surface area contributed by atoms with Crippen molar-refractivity contribution < 1.29 is 116 Å². The highest BCUT2D eigenvalue weighted by Crippen LogP contribution is 2.55. The zero-order valence-electron chi connectivity index (χ0n) is 65.9. The second kappa shape index (κ2) is 37.3. The molecule has 5 fully saturated rings. The zero-order chi connectivity index (χ0) is 86.7. The fraction of sp³-hybridized carbons (Fsp3) is 0.451. The molecule has 6 aromatic rings. The molecule has 648 valence electrons. The number of anilines is 1. The van der Waals surface area contributed by atoms with E-state index < -0.39 is 207 Å². The highest BCUT2D eigenvalue weighted by molar-refractivity contribution is 7.89. The van der Waals surface area contributed by atoms with Gasteiger partial charge in [0.25, 0.3) is 0 Å². The lowest BCUT2D eigenvalue weighted by atomic mass is 9.54. The number of carbonyl (C=O) groups excluding carboxylic acids is 9. The number of rotatable bonds is 21. The van der Waals surface area contributed by atoms with Crippen LogP contribution in [-0.2, 0) is 53.1 Å². The summed E-state index contributed by atoms with van der Waals surface area (Å²) in [6.45, 7) is 5.08. The van der Waals surface area contributed by atoms with Gasteiger partial charge < -0.3 is 118 Å². The number of ether oxygens (including phenoxy) is 5. The van der Waals surface area contributed by atoms with Crippen molar-refractivity contribution in [3.05, 3.63) is 141 Å². The number of benzene rings is 6.